The molecule has 7 heterocycles. The van der Waals surface area contributed by atoms with Gasteiger partial charge in [0.2, 0.25) is 17.7 Å². The van der Waals surface area contributed by atoms with Crippen LogP contribution in [0.1, 0.15) is 62.1 Å². The third kappa shape index (κ3) is 4.62. The maximum Gasteiger partial charge on any atom is 0.250 e. The molecule has 54 heavy (non-hydrogen) atoms. The molecule has 0 fully saturated rings. The molecule has 5 atom stereocenters. The van der Waals surface area contributed by atoms with E-state index in [2.05, 4.69) is 71.0 Å². The van der Waals surface area contributed by atoms with Crippen LogP contribution in [0.25, 0.3) is 44.9 Å². The molecule has 274 valence electrons. The maximum absolute atomic E-state index is 14.2. The van der Waals surface area contributed by atoms with Crippen LogP contribution in [0.2, 0.25) is 0 Å². The van der Waals surface area contributed by atoms with Gasteiger partial charge < -0.3 is 39.6 Å². The number of hydrogen-bond acceptors (Lipinski definition) is 9. The van der Waals surface area contributed by atoms with Gasteiger partial charge in [0.25, 0.3) is 5.89 Å². The number of rotatable bonds is 4. The van der Waals surface area contributed by atoms with E-state index in [1.54, 1.807) is 13.8 Å². The van der Waals surface area contributed by atoms with Crippen molar-refractivity contribution in [2.75, 3.05) is 5.32 Å². The van der Waals surface area contributed by atoms with Crippen LogP contribution in [-0.4, -0.2) is 50.2 Å². The normalized spacial score (nSPS) is 22.2. The summed E-state index contributed by atoms with van der Waals surface area (Å²) in [4.78, 5) is 40.9. The first-order valence-corrected chi connectivity index (χ1v) is 19.5. The van der Waals surface area contributed by atoms with Crippen LogP contribution in [-0.2, 0) is 21.4 Å². The highest BCUT2D eigenvalue weighted by atomic mass is 79.9. The molecule has 14 heteroatoms. The minimum absolute atomic E-state index is 0.152. The fourth-order valence-electron chi connectivity index (χ4n) is 8.49. The minimum Gasteiger partial charge on any atom is -0.469 e. The molecule has 0 radical (unpaired) electrons. The number of oxazole rings is 2. The van der Waals surface area contributed by atoms with Gasteiger partial charge in [-0.1, -0.05) is 67.9 Å². The van der Waals surface area contributed by atoms with Gasteiger partial charge in [-0.25, -0.2) is 9.97 Å². The quantitative estimate of drug-likeness (QED) is 0.122. The maximum atomic E-state index is 14.2. The Labute approximate surface area is 325 Å². The van der Waals surface area contributed by atoms with E-state index in [1.165, 1.54) is 0 Å². The summed E-state index contributed by atoms with van der Waals surface area (Å²) in [6, 6.07) is 14.4. The number of amides is 2. The Morgan fingerprint density at radius 1 is 1.00 bits per heavy atom. The third-order valence-corrected chi connectivity index (χ3v) is 12.1. The molecular formula is C40H34Br2N6O6. The minimum atomic E-state index is -1.29. The molecule has 3 aromatic heterocycles. The highest BCUT2D eigenvalue weighted by molar-refractivity contribution is 9.10. The second-order valence-electron chi connectivity index (χ2n) is 15.1. The molecule has 2 amide bonds. The number of H-pyrrole nitrogens is 1. The van der Waals surface area contributed by atoms with E-state index in [0.29, 0.717) is 27.6 Å². The van der Waals surface area contributed by atoms with E-state index in [-0.39, 0.29) is 30.0 Å². The predicted octanol–water partition coefficient (Wildman–Crippen LogP) is 7.33. The van der Waals surface area contributed by atoms with Crippen LogP contribution >= 0.6 is 31.9 Å². The first kappa shape index (κ1) is 33.6. The zero-order chi connectivity index (χ0) is 37.4. The first-order chi connectivity index (χ1) is 25.9. The van der Waals surface area contributed by atoms with Gasteiger partial charge in [0, 0.05) is 55.9 Å². The van der Waals surface area contributed by atoms with E-state index in [4.69, 9.17) is 23.5 Å². The van der Waals surface area contributed by atoms with E-state index < -0.39 is 41.6 Å². The number of aromatic nitrogens is 3. The average molecular weight is 855 g/mol. The molecule has 12 nitrogen and oxygen atoms in total. The zero-order valence-electron chi connectivity index (χ0n) is 29.5. The summed E-state index contributed by atoms with van der Waals surface area (Å²) >= 11 is 7.58. The molecule has 5 N–H and O–H groups in total. The van der Waals surface area contributed by atoms with E-state index in [1.807, 2.05) is 50.4 Å². The lowest BCUT2D eigenvalue weighted by molar-refractivity contribution is -0.135. The SMILES string of the molecule is CC(C)[C@H](O)C(=O)N[C@H]1Cc2ccc3c(c2)C24c5cc(Br)cc(c5NC2O3)-c2cccc3[nH]cc(c23)-c2oc(nc2Br)-c2nc(oc24)[C@H](C(C)C)NC1=O. The van der Waals surface area contributed by atoms with Crippen molar-refractivity contribution < 1.29 is 28.3 Å². The molecule has 4 aliphatic heterocycles. The monoisotopic (exact) mass is 852 g/mol. The molecule has 10 rings (SSSR count). The Hall–Kier alpha value is -4.92. The van der Waals surface area contributed by atoms with Crippen molar-refractivity contribution in [3.63, 3.8) is 0 Å². The topological polar surface area (TPSA) is 168 Å². The highest BCUT2D eigenvalue weighted by Gasteiger charge is 2.62. The summed E-state index contributed by atoms with van der Waals surface area (Å²) in [5.41, 5.74) is 6.24. The van der Waals surface area contributed by atoms with Crippen LogP contribution in [0.5, 0.6) is 5.75 Å². The number of aliphatic hydroxyl groups is 1. The molecule has 3 aromatic carbocycles. The van der Waals surface area contributed by atoms with Crippen molar-refractivity contribution >= 4 is 60.3 Å². The van der Waals surface area contributed by atoms with Gasteiger partial charge in [0.05, 0.1) is 0 Å². The molecule has 6 aromatic rings. The fraction of sp³-hybridized carbons (Fsp3) is 0.300. The van der Waals surface area contributed by atoms with Gasteiger partial charge in [0.1, 0.15) is 29.4 Å². The van der Waals surface area contributed by atoms with Crippen molar-refractivity contribution in [2.24, 2.45) is 11.8 Å². The second kappa shape index (κ2) is 11.8. The van der Waals surface area contributed by atoms with Gasteiger partial charge in [-0.3, -0.25) is 9.59 Å². The Bertz CT molecular complexity index is 2590. The Morgan fingerprint density at radius 2 is 1.83 bits per heavy atom. The number of nitrogens with zero attached hydrogens (tertiary/aromatic N) is 2. The molecule has 0 saturated heterocycles. The highest BCUT2D eigenvalue weighted by Crippen LogP contribution is 2.62. The van der Waals surface area contributed by atoms with Crippen LogP contribution in [0.3, 0.4) is 0 Å². The number of halogens is 2. The lowest BCUT2D eigenvalue weighted by Crippen LogP contribution is -2.52. The summed E-state index contributed by atoms with van der Waals surface area (Å²) in [6.45, 7) is 7.42. The Kier molecular flexibility index (Phi) is 7.34. The smallest absolute Gasteiger partial charge is 0.250 e. The predicted molar refractivity (Wildman–Crippen MR) is 207 cm³/mol. The summed E-state index contributed by atoms with van der Waals surface area (Å²) in [5, 5.41) is 21.3. The summed E-state index contributed by atoms with van der Waals surface area (Å²) in [7, 11) is 0. The molecule has 0 aliphatic carbocycles. The number of hydrogen-bond donors (Lipinski definition) is 5. The van der Waals surface area contributed by atoms with Crippen molar-refractivity contribution in [1.82, 2.24) is 25.6 Å². The van der Waals surface area contributed by atoms with E-state index in [9.17, 15) is 14.7 Å². The molecular weight excluding hydrogens is 820 g/mol. The molecule has 4 aliphatic rings. The number of fused-ring (bicyclic) bond motifs is 7. The number of ether oxygens (including phenoxy) is 1. The average Bonchev–Trinajstić information content (AvgIpc) is 3.95. The molecule has 0 saturated carbocycles. The summed E-state index contributed by atoms with van der Waals surface area (Å²) in [6.07, 6.45) is 0.102. The number of anilines is 1. The van der Waals surface area contributed by atoms with Crippen LogP contribution < -0.4 is 20.7 Å². The van der Waals surface area contributed by atoms with Gasteiger partial charge >= 0.3 is 0 Å². The number of carbonyl (C=O) groups excluding carboxylic acids is 2. The van der Waals surface area contributed by atoms with Crippen molar-refractivity contribution in [1.29, 1.82) is 0 Å². The molecule has 1 spiro atoms. The largest absolute Gasteiger partial charge is 0.469 e. The lowest BCUT2D eigenvalue weighted by atomic mass is 9.72. The second-order valence-corrected chi connectivity index (χ2v) is 16.8. The standard InChI is InChI=1S/C40H34Br2N6O6/c1-15(2)28-37-46-30-33(54-37)40-22-10-17(11-25(35(50)45-28)44-36(51)31(49)16(3)4)8-9-26(22)52-39(40)47-29-20(12-18(41)13-23(29)40)19-6-5-7-24-27(19)21(14-43-24)32-34(42)48-38(30)53-32/h5-10,12-16,25,28,31,39,43,47,49H,11H2,1-4H3,(H,44,51)(H,45,50)/t25-,28-,31-,39?,40?/m0/s1. The number of aromatic amines is 1. The van der Waals surface area contributed by atoms with Crippen LogP contribution in [0, 0.1) is 11.8 Å². The van der Waals surface area contributed by atoms with Crippen molar-refractivity contribution in [3.8, 4) is 39.8 Å². The van der Waals surface area contributed by atoms with Crippen molar-refractivity contribution in [3.05, 3.63) is 92.1 Å². The molecule has 10 bridgehead atoms. The zero-order valence-corrected chi connectivity index (χ0v) is 32.7. The van der Waals surface area contributed by atoms with Gasteiger partial charge in [-0.15, -0.1) is 0 Å². The summed E-state index contributed by atoms with van der Waals surface area (Å²) in [5.74, 6) is 0.475. The molecule has 2 unspecified atom stereocenters. The summed E-state index contributed by atoms with van der Waals surface area (Å²) < 4.78 is 21.9. The number of carbonyl (C=O) groups is 2. The number of aliphatic hydroxyl groups excluding tert-OH is 1. The number of nitrogens with one attached hydrogen (secondary N) is 4. The Balaban J connectivity index is 1.30. The third-order valence-electron chi connectivity index (χ3n) is 11.1. The lowest BCUT2D eigenvalue weighted by Gasteiger charge is -2.29. The Morgan fingerprint density at radius 3 is 2.63 bits per heavy atom. The van der Waals surface area contributed by atoms with Gasteiger partial charge in [-0.05, 0) is 63.2 Å². The van der Waals surface area contributed by atoms with Crippen molar-refractivity contribution in [2.45, 2.75) is 63.9 Å². The van der Waals surface area contributed by atoms with Gasteiger partial charge in [-0.2, -0.15) is 0 Å². The van der Waals surface area contributed by atoms with E-state index in [0.717, 1.165) is 54.4 Å². The van der Waals surface area contributed by atoms with Gasteiger partial charge in [0.15, 0.2) is 28.0 Å². The van der Waals surface area contributed by atoms with Crippen LogP contribution in [0.4, 0.5) is 5.69 Å². The van der Waals surface area contributed by atoms with E-state index >= 15 is 0 Å². The first-order valence-electron chi connectivity index (χ1n) is 17.9. The number of benzene rings is 3. The van der Waals surface area contributed by atoms with Crippen LogP contribution in [0.15, 0.2) is 72.6 Å². The fourth-order valence-corrected chi connectivity index (χ4v) is 9.40.